The van der Waals surface area contributed by atoms with Crippen molar-refractivity contribution < 1.29 is 4.79 Å². The molecule has 0 spiro atoms. The maximum absolute atomic E-state index is 12.1. The van der Waals surface area contributed by atoms with Crippen molar-refractivity contribution in [2.45, 2.75) is 51.1 Å². The smallest absolute Gasteiger partial charge is 0.237 e. The van der Waals surface area contributed by atoms with Gasteiger partial charge < -0.3 is 10.6 Å². The standard InChI is InChI=1S/C13H25N3O.2ClH/c1-2-8-16-9-4-6-12(16)13(17)15-10-11-5-3-7-14-11;;/h11-12,14H,2-10H2,1H3,(H,15,17);2*1H. The zero-order chi connectivity index (χ0) is 12.1. The molecule has 2 N–H and O–H groups in total. The number of amides is 1. The molecule has 2 atom stereocenters. The molecule has 2 saturated heterocycles. The summed E-state index contributed by atoms with van der Waals surface area (Å²) in [6, 6.07) is 0.635. The van der Waals surface area contributed by atoms with Gasteiger partial charge in [-0.05, 0) is 51.7 Å². The minimum Gasteiger partial charge on any atom is -0.353 e. The van der Waals surface area contributed by atoms with Gasteiger partial charge in [0.25, 0.3) is 0 Å². The Hall–Kier alpha value is -0.0300. The summed E-state index contributed by atoms with van der Waals surface area (Å²) in [5.41, 5.74) is 0. The fourth-order valence-corrected chi connectivity index (χ4v) is 2.95. The van der Waals surface area contributed by atoms with Crippen molar-refractivity contribution in [1.82, 2.24) is 15.5 Å². The Bertz CT molecular complexity index is 260. The molecule has 2 aliphatic rings. The van der Waals surface area contributed by atoms with Crippen molar-refractivity contribution in [3.8, 4) is 0 Å². The third-order valence-electron chi connectivity index (χ3n) is 3.86. The first-order valence-electron chi connectivity index (χ1n) is 7.06. The summed E-state index contributed by atoms with van der Waals surface area (Å²) in [6.45, 7) is 6.23. The maximum atomic E-state index is 12.1. The topological polar surface area (TPSA) is 44.4 Å². The van der Waals surface area contributed by atoms with Crippen molar-refractivity contribution in [3.63, 3.8) is 0 Å². The highest BCUT2D eigenvalue weighted by molar-refractivity contribution is 5.85. The minimum atomic E-state index is 0. The largest absolute Gasteiger partial charge is 0.353 e. The van der Waals surface area contributed by atoms with Crippen molar-refractivity contribution in [1.29, 1.82) is 0 Å². The monoisotopic (exact) mass is 311 g/mol. The lowest BCUT2D eigenvalue weighted by atomic mass is 10.2. The molecular weight excluding hydrogens is 285 g/mol. The molecule has 0 bridgehead atoms. The summed E-state index contributed by atoms with van der Waals surface area (Å²) in [4.78, 5) is 14.4. The molecule has 2 fully saturated rings. The molecule has 2 rings (SSSR count). The van der Waals surface area contributed by atoms with Crippen molar-refractivity contribution in [2.24, 2.45) is 0 Å². The Morgan fingerprint density at radius 2 is 2.11 bits per heavy atom. The molecule has 19 heavy (non-hydrogen) atoms. The molecule has 0 radical (unpaired) electrons. The van der Waals surface area contributed by atoms with Gasteiger partial charge in [-0.1, -0.05) is 6.92 Å². The van der Waals surface area contributed by atoms with Crippen LogP contribution in [0, 0.1) is 0 Å². The van der Waals surface area contributed by atoms with Crippen molar-refractivity contribution >= 4 is 30.7 Å². The first-order valence-corrected chi connectivity index (χ1v) is 7.06. The summed E-state index contributed by atoms with van der Waals surface area (Å²) in [7, 11) is 0. The molecule has 1 amide bonds. The van der Waals surface area contributed by atoms with E-state index in [2.05, 4.69) is 22.5 Å². The van der Waals surface area contributed by atoms with E-state index in [0.29, 0.717) is 6.04 Å². The van der Waals surface area contributed by atoms with Gasteiger partial charge in [0.05, 0.1) is 6.04 Å². The number of hydrogen-bond acceptors (Lipinski definition) is 3. The molecule has 114 valence electrons. The molecule has 0 saturated carbocycles. The van der Waals surface area contributed by atoms with Crippen LogP contribution in [0.25, 0.3) is 0 Å². The summed E-state index contributed by atoms with van der Waals surface area (Å²) >= 11 is 0. The van der Waals surface area contributed by atoms with E-state index >= 15 is 0 Å². The Labute approximate surface area is 128 Å². The second-order valence-electron chi connectivity index (χ2n) is 5.23. The summed E-state index contributed by atoms with van der Waals surface area (Å²) < 4.78 is 0. The molecule has 2 heterocycles. The Balaban J connectivity index is 0.00000162. The van der Waals surface area contributed by atoms with Crippen LogP contribution >= 0.6 is 24.8 Å². The number of halogens is 2. The fourth-order valence-electron chi connectivity index (χ4n) is 2.95. The average Bonchev–Trinajstić information content (AvgIpc) is 2.97. The quantitative estimate of drug-likeness (QED) is 0.810. The summed E-state index contributed by atoms with van der Waals surface area (Å²) in [5, 5.41) is 6.52. The summed E-state index contributed by atoms with van der Waals surface area (Å²) in [6.07, 6.45) is 5.77. The highest BCUT2D eigenvalue weighted by Gasteiger charge is 2.30. The van der Waals surface area contributed by atoms with Gasteiger partial charge in [-0.2, -0.15) is 0 Å². The zero-order valence-corrected chi connectivity index (χ0v) is 13.3. The van der Waals surface area contributed by atoms with Gasteiger partial charge in [0.15, 0.2) is 0 Å². The molecule has 6 heteroatoms. The molecule has 0 aromatic carbocycles. The molecule has 0 aliphatic carbocycles. The molecule has 0 aromatic heterocycles. The van der Waals surface area contributed by atoms with Gasteiger partial charge in [0, 0.05) is 12.6 Å². The molecule has 0 aromatic rings. The zero-order valence-electron chi connectivity index (χ0n) is 11.7. The van der Waals surface area contributed by atoms with E-state index in [1.807, 2.05) is 0 Å². The normalized spacial score (nSPS) is 26.6. The van der Waals surface area contributed by atoms with Gasteiger partial charge in [0.2, 0.25) is 5.91 Å². The molecule has 4 nitrogen and oxygen atoms in total. The molecular formula is C13H27Cl2N3O. The fraction of sp³-hybridized carbons (Fsp3) is 0.923. The van der Waals surface area contributed by atoms with E-state index in [1.165, 1.54) is 19.3 Å². The average molecular weight is 312 g/mol. The second-order valence-corrected chi connectivity index (χ2v) is 5.23. The maximum Gasteiger partial charge on any atom is 0.237 e. The first kappa shape index (κ1) is 19.0. The van der Waals surface area contributed by atoms with Gasteiger partial charge in [-0.15, -0.1) is 24.8 Å². The van der Waals surface area contributed by atoms with Crippen LogP contribution in [-0.4, -0.2) is 49.1 Å². The highest BCUT2D eigenvalue weighted by Crippen LogP contribution is 2.17. The lowest BCUT2D eigenvalue weighted by molar-refractivity contribution is -0.125. The van der Waals surface area contributed by atoms with Crippen LogP contribution in [0.3, 0.4) is 0 Å². The number of carbonyl (C=O) groups is 1. The van der Waals surface area contributed by atoms with Crippen LogP contribution in [0.1, 0.15) is 39.0 Å². The van der Waals surface area contributed by atoms with Gasteiger partial charge in [0.1, 0.15) is 0 Å². The number of carbonyl (C=O) groups excluding carboxylic acids is 1. The predicted octanol–water partition coefficient (Wildman–Crippen LogP) is 1.57. The molecule has 2 aliphatic heterocycles. The lowest BCUT2D eigenvalue weighted by Crippen LogP contribution is -2.46. The number of rotatable bonds is 5. The number of nitrogens with one attached hydrogen (secondary N) is 2. The minimum absolute atomic E-state index is 0. The lowest BCUT2D eigenvalue weighted by Gasteiger charge is -2.23. The Morgan fingerprint density at radius 1 is 1.32 bits per heavy atom. The van der Waals surface area contributed by atoms with E-state index in [4.69, 9.17) is 0 Å². The van der Waals surface area contributed by atoms with Crippen LogP contribution in [-0.2, 0) is 4.79 Å². The van der Waals surface area contributed by atoms with E-state index in [1.54, 1.807) is 0 Å². The van der Waals surface area contributed by atoms with E-state index < -0.39 is 0 Å². The van der Waals surface area contributed by atoms with Gasteiger partial charge >= 0.3 is 0 Å². The number of nitrogens with zero attached hydrogens (tertiary/aromatic N) is 1. The third kappa shape index (κ3) is 5.46. The summed E-state index contributed by atoms with van der Waals surface area (Å²) in [5.74, 6) is 0.240. The third-order valence-corrected chi connectivity index (χ3v) is 3.86. The highest BCUT2D eigenvalue weighted by atomic mass is 35.5. The predicted molar refractivity (Wildman–Crippen MR) is 83.4 cm³/mol. The van der Waals surface area contributed by atoms with Crippen LogP contribution in [0.2, 0.25) is 0 Å². The van der Waals surface area contributed by atoms with Crippen molar-refractivity contribution in [2.75, 3.05) is 26.2 Å². The Morgan fingerprint density at radius 3 is 2.74 bits per heavy atom. The van der Waals surface area contributed by atoms with E-state index in [9.17, 15) is 4.79 Å². The SMILES string of the molecule is CCCN1CCCC1C(=O)NCC1CCCN1.Cl.Cl. The van der Waals surface area contributed by atoms with Crippen LogP contribution in [0.4, 0.5) is 0 Å². The number of likely N-dealkylation sites (tertiary alicyclic amines) is 1. The van der Waals surface area contributed by atoms with Crippen molar-refractivity contribution in [3.05, 3.63) is 0 Å². The van der Waals surface area contributed by atoms with Crippen LogP contribution in [0.15, 0.2) is 0 Å². The number of hydrogen-bond donors (Lipinski definition) is 2. The molecule has 2 unspecified atom stereocenters. The van der Waals surface area contributed by atoms with E-state index in [0.717, 1.165) is 39.0 Å². The van der Waals surface area contributed by atoms with Crippen LogP contribution < -0.4 is 10.6 Å². The first-order chi connectivity index (χ1) is 8.31. The van der Waals surface area contributed by atoms with Crippen LogP contribution in [0.5, 0.6) is 0 Å². The second kappa shape index (κ2) is 9.81. The van der Waals surface area contributed by atoms with E-state index in [-0.39, 0.29) is 36.8 Å². The Kier molecular flexibility index (Phi) is 9.79. The van der Waals surface area contributed by atoms with Gasteiger partial charge in [-0.25, -0.2) is 0 Å². The van der Waals surface area contributed by atoms with Gasteiger partial charge in [-0.3, -0.25) is 9.69 Å².